The molecule has 0 aliphatic rings. The summed E-state index contributed by atoms with van der Waals surface area (Å²) >= 11 is 5.88. The van der Waals surface area contributed by atoms with Gasteiger partial charge in [0.25, 0.3) is 5.91 Å². The first kappa shape index (κ1) is 16.0. The molecule has 1 heterocycles. The predicted octanol–water partition coefficient (Wildman–Crippen LogP) is 2.80. The minimum atomic E-state index is -0.442. The van der Waals surface area contributed by atoms with Gasteiger partial charge in [-0.3, -0.25) is 10.2 Å². The summed E-state index contributed by atoms with van der Waals surface area (Å²) in [5.74, 6) is -0.442. The number of nitriles is 2. The Kier molecular flexibility index (Phi) is 5.24. The van der Waals surface area contributed by atoms with Crippen molar-refractivity contribution in [2.24, 2.45) is 5.10 Å². The Labute approximate surface area is 136 Å². The van der Waals surface area contributed by atoms with E-state index >= 15 is 0 Å². The fourth-order valence-corrected chi connectivity index (χ4v) is 1.83. The number of carbonyl (C=O) groups is 1. The zero-order chi connectivity index (χ0) is 16.7. The summed E-state index contributed by atoms with van der Waals surface area (Å²) in [5.41, 5.74) is 3.29. The van der Waals surface area contributed by atoms with Crippen LogP contribution < -0.4 is 10.7 Å². The highest BCUT2D eigenvalue weighted by Crippen LogP contribution is 2.22. The number of benzene rings is 1. The van der Waals surface area contributed by atoms with E-state index in [1.165, 1.54) is 6.20 Å². The molecule has 1 aromatic heterocycles. The highest BCUT2D eigenvalue weighted by molar-refractivity contribution is 6.33. The van der Waals surface area contributed by atoms with Gasteiger partial charge in [-0.05, 0) is 24.3 Å². The highest BCUT2D eigenvalue weighted by atomic mass is 35.5. The molecule has 0 radical (unpaired) electrons. The van der Waals surface area contributed by atoms with Gasteiger partial charge in [0.2, 0.25) is 5.71 Å². The summed E-state index contributed by atoms with van der Waals surface area (Å²) < 4.78 is 0. The molecule has 8 heteroatoms. The molecule has 0 bridgehead atoms. The molecule has 0 spiro atoms. The van der Waals surface area contributed by atoms with Gasteiger partial charge in [0.1, 0.15) is 17.3 Å². The largest absolute Gasteiger partial charge is 0.320 e. The molecule has 0 saturated heterocycles. The van der Waals surface area contributed by atoms with Crippen molar-refractivity contribution in [2.75, 3.05) is 10.7 Å². The van der Waals surface area contributed by atoms with Gasteiger partial charge >= 0.3 is 0 Å². The summed E-state index contributed by atoms with van der Waals surface area (Å²) in [6, 6.07) is 13.1. The van der Waals surface area contributed by atoms with Gasteiger partial charge in [-0.2, -0.15) is 15.6 Å². The summed E-state index contributed by atoms with van der Waals surface area (Å²) in [7, 11) is 0. The molecule has 0 fully saturated rings. The van der Waals surface area contributed by atoms with Crippen molar-refractivity contribution < 1.29 is 4.79 Å². The number of para-hydroxylation sites is 2. The van der Waals surface area contributed by atoms with Gasteiger partial charge in [-0.25, -0.2) is 4.98 Å². The Bertz CT molecular complexity index is 834. The lowest BCUT2D eigenvalue weighted by atomic mass is 10.2. The Balaban J connectivity index is 2.23. The van der Waals surface area contributed by atoms with Crippen LogP contribution in [-0.4, -0.2) is 16.6 Å². The third-order valence-electron chi connectivity index (χ3n) is 2.68. The van der Waals surface area contributed by atoms with Crippen molar-refractivity contribution in [1.82, 2.24) is 4.98 Å². The normalized spacial score (nSPS) is 9.17. The molecule has 2 rings (SSSR count). The summed E-state index contributed by atoms with van der Waals surface area (Å²) in [4.78, 5) is 16.1. The van der Waals surface area contributed by atoms with Crippen LogP contribution >= 0.6 is 11.6 Å². The molecule has 2 aromatic rings. The maximum absolute atomic E-state index is 12.2. The van der Waals surface area contributed by atoms with E-state index in [4.69, 9.17) is 22.1 Å². The van der Waals surface area contributed by atoms with Crippen molar-refractivity contribution in [3.05, 3.63) is 53.3 Å². The molecule has 7 nitrogen and oxygen atoms in total. The second-order valence-corrected chi connectivity index (χ2v) is 4.50. The number of nitrogens with zero attached hydrogens (tertiary/aromatic N) is 4. The molecule has 2 N–H and O–H groups in total. The van der Waals surface area contributed by atoms with E-state index in [0.717, 1.165) is 0 Å². The lowest BCUT2D eigenvalue weighted by Gasteiger charge is -2.10. The van der Waals surface area contributed by atoms with Crippen molar-refractivity contribution in [1.29, 1.82) is 10.5 Å². The van der Waals surface area contributed by atoms with Gasteiger partial charge in [0.15, 0.2) is 0 Å². The fourth-order valence-electron chi connectivity index (χ4n) is 1.63. The topological polar surface area (TPSA) is 114 Å². The number of pyridine rings is 1. The van der Waals surface area contributed by atoms with Crippen molar-refractivity contribution in [3.63, 3.8) is 0 Å². The van der Waals surface area contributed by atoms with Crippen molar-refractivity contribution in [3.8, 4) is 12.1 Å². The monoisotopic (exact) mass is 324 g/mol. The molecule has 23 heavy (non-hydrogen) atoms. The first-order valence-electron chi connectivity index (χ1n) is 6.30. The van der Waals surface area contributed by atoms with E-state index in [9.17, 15) is 4.79 Å². The minimum Gasteiger partial charge on any atom is -0.320 e. The van der Waals surface area contributed by atoms with Gasteiger partial charge < -0.3 is 5.32 Å². The van der Waals surface area contributed by atoms with Crippen LogP contribution in [0, 0.1) is 22.7 Å². The number of amides is 1. The van der Waals surface area contributed by atoms with Crippen LogP contribution in [0.5, 0.6) is 0 Å². The molecule has 0 atom stereocenters. The quantitative estimate of drug-likeness (QED) is 0.510. The maximum Gasteiger partial charge on any atom is 0.258 e. The number of hydrogen-bond donors (Lipinski definition) is 2. The number of rotatable bonds is 4. The molecule has 0 aliphatic heterocycles. The smallest absolute Gasteiger partial charge is 0.258 e. The molecule has 0 unspecified atom stereocenters. The van der Waals surface area contributed by atoms with Crippen LogP contribution in [0.15, 0.2) is 47.7 Å². The van der Waals surface area contributed by atoms with E-state index in [-0.39, 0.29) is 16.4 Å². The standard InChI is InChI=1S/C15H9ClN6O/c16-14-11(4-3-7-19-14)15(23)20-12-5-1-2-6-13(12)22-21-10(8-17)9-18/h1-7,22H,(H,20,23). The maximum atomic E-state index is 12.2. The third kappa shape index (κ3) is 4.03. The van der Waals surface area contributed by atoms with Gasteiger partial charge in [0, 0.05) is 6.20 Å². The highest BCUT2D eigenvalue weighted by Gasteiger charge is 2.12. The van der Waals surface area contributed by atoms with E-state index in [1.807, 2.05) is 0 Å². The van der Waals surface area contributed by atoms with E-state index in [1.54, 1.807) is 48.5 Å². The Morgan fingerprint density at radius 1 is 1.13 bits per heavy atom. The second kappa shape index (κ2) is 7.55. The SMILES string of the molecule is N#CC(C#N)=NNc1ccccc1NC(=O)c1cccnc1Cl. The Hall–Kier alpha value is -3.42. The number of hydrazone groups is 1. The first-order valence-corrected chi connectivity index (χ1v) is 6.68. The van der Waals surface area contributed by atoms with Crippen molar-refractivity contribution in [2.45, 2.75) is 0 Å². The molecule has 1 aromatic carbocycles. The summed E-state index contributed by atoms with van der Waals surface area (Å²) in [5, 5.41) is 23.7. The van der Waals surface area contributed by atoms with E-state index < -0.39 is 5.91 Å². The van der Waals surface area contributed by atoms with E-state index in [2.05, 4.69) is 20.8 Å². The lowest BCUT2D eigenvalue weighted by Crippen LogP contribution is -2.14. The van der Waals surface area contributed by atoms with Crippen molar-refractivity contribution >= 4 is 34.6 Å². The zero-order valence-electron chi connectivity index (χ0n) is 11.6. The number of nitrogens with one attached hydrogen (secondary N) is 2. The summed E-state index contributed by atoms with van der Waals surface area (Å²) in [6.45, 7) is 0. The molecule has 0 saturated carbocycles. The molecular formula is C15H9ClN6O. The Morgan fingerprint density at radius 2 is 1.83 bits per heavy atom. The third-order valence-corrected chi connectivity index (χ3v) is 2.98. The number of aromatic nitrogens is 1. The van der Waals surface area contributed by atoms with Crippen LogP contribution in [0.2, 0.25) is 5.15 Å². The second-order valence-electron chi connectivity index (χ2n) is 4.14. The molecular weight excluding hydrogens is 316 g/mol. The first-order chi connectivity index (χ1) is 11.2. The number of carbonyl (C=O) groups excluding carboxylic acids is 1. The fraction of sp³-hybridized carbons (Fsp3) is 0. The molecule has 112 valence electrons. The van der Waals surface area contributed by atoms with Gasteiger partial charge in [0.05, 0.1) is 16.9 Å². The van der Waals surface area contributed by atoms with Gasteiger partial charge in [-0.15, -0.1) is 0 Å². The zero-order valence-corrected chi connectivity index (χ0v) is 12.4. The van der Waals surface area contributed by atoms with Crippen LogP contribution in [0.1, 0.15) is 10.4 Å². The minimum absolute atomic E-state index is 0.0877. The summed E-state index contributed by atoms with van der Waals surface area (Å²) in [6.07, 6.45) is 1.48. The average molecular weight is 325 g/mol. The Morgan fingerprint density at radius 3 is 2.48 bits per heavy atom. The predicted molar refractivity (Wildman–Crippen MR) is 85.9 cm³/mol. The number of hydrogen-bond acceptors (Lipinski definition) is 6. The molecule has 0 aliphatic carbocycles. The molecule has 1 amide bonds. The van der Waals surface area contributed by atoms with Gasteiger partial charge in [-0.1, -0.05) is 23.7 Å². The lowest BCUT2D eigenvalue weighted by molar-refractivity contribution is 0.102. The number of anilines is 2. The van der Waals surface area contributed by atoms with Crippen LogP contribution in [0.3, 0.4) is 0 Å². The van der Waals surface area contributed by atoms with Crippen LogP contribution in [-0.2, 0) is 0 Å². The van der Waals surface area contributed by atoms with E-state index in [0.29, 0.717) is 11.4 Å². The average Bonchev–Trinajstić information content (AvgIpc) is 2.57. The number of halogens is 1. The van der Waals surface area contributed by atoms with Crippen LogP contribution in [0.25, 0.3) is 0 Å². The van der Waals surface area contributed by atoms with Crippen LogP contribution in [0.4, 0.5) is 11.4 Å².